The molecule has 2 heterocycles. The highest BCUT2D eigenvalue weighted by Gasteiger charge is 2.30. The van der Waals surface area contributed by atoms with E-state index in [2.05, 4.69) is 49.7 Å². The summed E-state index contributed by atoms with van der Waals surface area (Å²) in [6.45, 7) is 17.5. The maximum absolute atomic E-state index is 12.5. The van der Waals surface area contributed by atoms with Crippen molar-refractivity contribution in [1.29, 1.82) is 0 Å². The molecule has 0 radical (unpaired) electrons. The van der Waals surface area contributed by atoms with E-state index >= 15 is 0 Å². The van der Waals surface area contributed by atoms with E-state index in [1.807, 2.05) is 4.90 Å². The molecule has 1 amide bonds. The van der Waals surface area contributed by atoms with E-state index in [4.69, 9.17) is 9.73 Å². The minimum Gasteiger partial charge on any atom is -0.368 e. The molecule has 28 heavy (non-hydrogen) atoms. The molecule has 0 bridgehead atoms. The third-order valence-corrected chi connectivity index (χ3v) is 5.38. The maximum atomic E-state index is 12.5. The van der Waals surface area contributed by atoms with Crippen molar-refractivity contribution in [2.75, 3.05) is 52.4 Å². The monoisotopic (exact) mass is 509 g/mol. The Hall–Kier alpha value is -0.610. The third-order valence-electron chi connectivity index (χ3n) is 5.38. The lowest BCUT2D eigenvalue weighted by Crippen LogP contribution is -2.55. The van der Waals surface area contributed by atoms with Crippen LogP contribution in [-0.2, 0) is 9.53 Å². The largest absolute Gasteiger partial charge is 0.368 e. The van der Waals surface area contributed by atoms with Crippen molar-refractivity contribution in [2.24, 2.45) is 4.99 Å². The first-order chi connectivity index (χ1) is 12.9. The minimum absolute atomic E-state index is 0. The molecule has 0 aromatic rings. The average Bonchev–Trinajstić information content (AvgIpc) is 3.18. The molecular formula is C20H40IN5O2. The Kier molecular flexibility index (Phi) is 11.7. The molecular weight excluding hydrogens is 469 g/mol. The summed E-state index contributed by atoms with van der Waals surface area (Å²) < 4.78 is 5.55. The molecule has 2 fully saturated rings. The van der Waals surface area contributed by atoms with Crippen LogP contribution in [0.4, 0.5) is 0 Å². The van der Waals surface area contributed by atoms with E-state index < -0.39 is 0 Å². The fraction of sp³-hybridized carbons (Fsp3) is 0.900. The van der Waals surface area contributed by atoms with Crippen LogP contribution in [0.15, 0.2) is 4.99 Å². The predicted molar refractivity (Wildman–Crippen MR) is 125 cm³/mol. The second-order valence-corrected chi connectivity index (χ2v) is 7.97. The number of guanidine groups is 1. The highest BCUT2D eigenvalue weighted by Crippen LogP contribution is 2.16. The van der Waals surface area contributed by atoms with Gasteiger partial charge in [-0.25, -0.2) is 0 Å². The Balaban J connectivity index is 0.00000392. The Bertz CT molecular complexity index is 479. The number of amides is 1. The Morgan fingerprint density at radius 3 is 2.25 bits per heavy atom. The Labute approximate surface area is 188 Å². The molecule has 0 aliphatic carbocycles. The third kappa shape index (κ3) is 7.33. The number of hydrogen-bond acceptors (Lipinski definition) is 4. The molecule has 1 atom stereocenters. The molecule has 2 saturated heterocycles. The van der Waals surface area contributed by atoms with E-state index in [1.165, 1.54) is 0 Å². The van der Waals surface area contributed by atoms with Crippen LogP contribution in [0.2, 0.25) is 0 Å². The highest BCUT2D eigenvalue weighted by atomic mass is 127. The number of piperazine rings is 1. The summed E-state index contributed by atoms with van der Waals surface area (Å²) in [5, 5.41) is 3.41. The molecule has 164 valence electrons. The summed E-state index contributed by atoms with van der Waals surface area (Å²) in [5.74, 6) is 1.13. The first-order valence-corrected chi connectivity index (χ1v) is 10.6. The first-order valence-electron chi connectivity index (χ1n) is 10.6. The van der Waals surface area contributed by atoms with E-state index in [1.54, 1.807) is 0 Å². The van der Waals surface area contributed by atoms with Gasteiger partial charge in [0.1, 0.15) is 6.10 Å². The van der Waals surface area contributed by atoms with Crippen molar-refractivity contribution in [3.63, 3.8) is 0 Å². The number of halogens is 1. The Morgan fingerprint density at radius 1 is 1.14 bits per heavy atom. The summed E-state index contributed by atoms with van der Waals surface area (Å²) in [5.41, 5.74) is 0. The van der Waals surface area contributed by atoms with Gasteiger partial charge in [0, 0.05) is 58.0 Å². The zero-order valence-corrected chi connectivity index (χ0v) is 20.6. The van der Waals surface area contributed by atoms with Crippen LogP contribution in [-0.4, -0.2) is 97.2 Å². The van der Waals surface area contributed by atoms with Gasteiger partial charge in [0.25, 0.3) is 5.91 Å². The molecule has 0 aromatic heterocycles. The molecule has 1 unspecified atom stereocenters. The molecule has 1 N–H and O–H groups in total. The number of aliphatic imine (C=N–C) groups is 1. The smallest absolute Gasteiger partial charge is 0.251 e. The molecule has 2 aliphatic heterocycles. The lowest BCUT2D eigenvalue weighted by atomic mass is 10.2. The molecule has 0 spiro atoms. The van der Waals surface area contributed by atoms with Gasteiger partial charge in [-0.2, -0.15) is 0 Å². The van der Waals surface area contributed by atoms with Gasteiger partial charge in [0.2, 0.25) is 0 Å². The first kappa shape index (κ1) is 25.4. The molecule has 7 nitrogen and oxygen atoms in total. The van der Waals surface area contributed by atoms with Crippen molar-refractivity contribution in [3.05, 3.63) is 0 Å². The standard InChI is InChI=1S/C20H39N5O2.HI/c1-6-21-20(22-9-10-25(16(2)3)17(4)5)24-13-11-23(12-14-24)19(26)18-8-7-15-27-18;/h16-18H,6-15H2,1-5H3,(H,21,22);1H. The zero-order chi connectivity index (χ0) is 19.8. The number of carbonyl (C=O) groups excluding carboxylic acids is 1. The van der Waals surface area contributed by atoms with Gasteiger partial charge in [0.05, 0.1) is 6.54 Å². The van der Waals surface area contributed by atoms with Crippen LogP contribution in [0.25, 0.3) is 0 Å². The number of hydrogen-bond donors (Lipinski definition) is 1. The number of nitrogens with zero attached hydrogens (tertiary/aromatic N) is 4. The van der Waals surface area contributed by atoms with Crippen molar-refractivity contribution >= 4 is 35.8 Å². The van der Waals surface area contributed by atoms with Crippen LogP contribution < -0.4 is 5.32 Å². The normalized spacial score (nSPS) is 20.9. The van der Waals surface area contributed by atoms with Gasteiger partial charge in [0.15, 0.2) is 5.96 Å². The fourth-order valence-corrected chi connectivity index (χ4v) is 3.92. The molecule has 0 saturated carbocycles. The predicted octanol–water partition coefficient (Wildman–Crippen LogP) is 2.01. The van der Waals surface area contributed by atoms with Crippen molar-refractivity contribution in [1.82, 2.24) is 20.0 Å². The topological polar surface area (TPSA) is 60.4 Å². The van der Waals surface area contributed by atoms with Crippen molar-refractivity contribution in [2.45, 2.75) is 65.6 Å². The van der Waals surface area contributed by atoms with Gasteiger partial charge in [-0.3, -0.25) is 14.7 Å². The van der Waals surface area contributed by atoms with E-state index in [-0.39, 0.29) is 36.0 Å². The minimum atomic E-state index is -0.212. The highest BCUT2D eigenvalue weighted by molar-refractivity contribution is 14.0. The van der Waals surface area contributed by atoms with Crippen LogP contribution in [0.1, 0.15) is 47.5 Å². The summed E-state index contributed by atoms with van der Waals surface area (Å²) >= 11 is 0. The summed E-state index contributed by atoms with van der Waals surface area (Å²) in [7, 11) is 0. The maximum Gasteiger partial charge on any atom is 0.251 e. The second kappa shape index (κ2) is 12.8. The molecule has 2 rings (SSSR count). The summed E-state index contributed by atoms with van der Waals surface area (Å²) in [6.07, 6.45) is 1.65. The van der Waals surface area contributed by atoms with Gasteiger partial charge < -0.3 is 19.9 Å². The SMILES string of the molecule is CCNC(=NCCN(C(C)C)C(C)C)N1CCN(C(=O)C2CCCO2)CC1.I. The van der Waals surface area contributed by atoms with Gasteiger partial charge in [-0.1, -0.05) is 0 Å². The second-order valence-electron chi connectivity index (χ2n) is 7.97. The van der Waals surface area contributed by atoms with Crippen molar-refractivity contribution in [3.8, 4) is 0 Å². The number of carbonyl (C=O) groups is 1. The van der Waals surface area contributed by atoms with Crippen LogP contribution >= 0.6 is 24.0 Å². The van der Waals surface area contributed by atoms with Crippen LogP contribution in [0, 0.1) is 0 Å². The van der Waals surface area contributed by atoms with Gasteiger partial charge >= 0.3 is 0 Å². The zero-order valence-electron chi connectivity index (χ0n) is 18.3. The molecule has 8 heteroatoms. The van der Waals surface area contributed by atoms with Gasteiger partial charge in [-0.05, 0) is 47.5 Å². The molecule has 0 aromatic carbocycles. The van der Waals surface area contributed by atoms with Crippen molar-refractivity contribution < 1.29 is 9.53 Å². The summed E-state index contributed by atoms with van der Waals surface area (Å²) in [4.78, 5) is 24.1. The quantitative estimate of drug-likeness (QED) is 0.323. The fourth-order valence-electron chi connectivity index (χ4n) is 3.92. The number of ether oxygens (including phenoxy) is 1. The molecule has 2 aliphatic rings. The summed E-state index contributed by atoms with van der Waals surface area (Å²) in [6, 6.07) is 1.05. The van der Waals surface area contributed by atoms with E-state index in [0.717, 1.165) is 71.2 Å². The number of rotatable bonds is 7. The lowest BCUT2D eigenvalue weighted by molar-refractivity contribution is -0.142. The van der Waals surface area contributed by atoms with E-state index in [9.17, 15) is 4.79 Å². The van der Waals surface area contributed by atoms with Gasteiger partial charge in [-0.15, -0.1) is 24.0 Å². The van der Waals surface area contributed by atoms with E-state index in [0.29, 0.717) is 12.1 Å². The Morgan fingerprint density at radius 2 is 1.75 bits per heavy atom. The average molecular weight is 509 g/mol. The number of nitrogens with one attached hydrogen (secondary N) is 1. The van der Waals surface area contributed by atoms with Crippen LogP contribution in [0.3, 0.4) is 0 Å². The van der Waals surface area contributed by atoms with Crippen LogP contribution in [0.5, 0.6) is 0 Å². The lowest BCUT2D eigenvalue weighted by Gasteiger charge is -2.37.